The number of carbonyl (C=O) groups is 2. The van der Waals surface area contributed by atoms with Gasteiger partial charge in [-0.2, -0.15) is 0 Å². The number of nitrogens with one attached hydrogen (secondary N) is 1. The summed E-state index contributed by atoms with van der Waals surface area (Å²) >= 11 is 1.46. The van der Waals surface area contributed by atoms with E-state index in [2.05, 4.69) is 15.3 Å². The average Bonchev–Trinajstić information content (AvgIpc) is 3.19. The molecule has 5 aromatic carbocycles. The first kappa shape index (κ1) is 34.1. The number of rotatable bonds is 11. The Labute approximate surface area is 299 Å². The highest BCUT2D eigenvalue weighted by molar-refractivity contribution is 7.99. The van der Waals surface area contributed by atoms with Crippen LogP contribution < -0.4 is 5.32 Å². The normalized spacial score (nSPS) is 17.2. The zero-order valence-corrected chi connectivity index (χ0v) is 28.3. The number of carboxylic acids is 1. The van der Waals surface area contributed by atoms with E-state index in [9.17, 15) is 19.8 Å². The van der Waals surface area contributed by atoms with Gasteiger partial charge in [0.2, 0.25) is 0 Å². The number of para-hydroxylation sites is 2. The van der Waals surface area contributed by atoms with E-state index >= 15 is 0 Å². The van der Waals surface area contributed by atoms with Crippen molar-refractivity contribution in [1.29, 1.82) is 0 Å². The summed E-state index contributed by atoms with van der Waals surface area (Å²) in [4.78, 5) is 34.2. The number of benzene rings is 5. The summed E-state index contributed by atoms with van der Waals surface area (Å²) in [6, 6.07) is 38.1. The Morgan fingerprint density at radius 3 is 2.33 bits per heavy atom. The van der Waals surface area contributed by atoms with Gasteiger partial charge in [-0.15, -0.1) is 11.8 Å². The number of amides is 1. The number of fused-ring (bicyclic) bond motifs is 1. The van der Waals surface area contributed by atoms with Gasteiger partial charge < -0.3 is 25.0 Å². The summed E-state index contributed by atoms with van der Waals surface area (Å²) in [5.74, 6) is -0.728. The molecule has 3 atom stereocenters. The lowest BCUT2D eigenvalue weighted by Crippen LogP contribution is -2.31. The number of thioether (sulfide) groups is 1. The van der Waals surface area contributed by atoms with Crippen LogP contribution in [-0.2, 0) is 22.6 Å². The molecule has 10 heteroatoms. The van der Waals surface area contributed by atoms with Gasteiger partial charge in [0.25, 0.3) is 5.91 Å². The Morgan fingerprint density at radius 2 is 1.53 bits per heavy atom. The van der Waals surface area contributed by atoms with Gasteiger partial charge >= 0.3 is 5.97 Å². The van der Waals surface area contributed by atoms with E-state index < -0.39 is 12.3 Å². The summed E-state index contributed by atoms with van der Waals surface area (Å²) in [5, 5.41) is 22.2. The topological polar surface area (TPSA) is 131 Å². The number of ether oxygens (including phenoxy) is 2. The second-order valence-corrected chi connectivity index (χ2v) is 13.3. The lowest BCUT2D eigenvalue weighted by molar-refractivity contribution is -0.245. The zero-order valence-electron chi connectivity index (χ0n) is 27.5. The van der Waals surface area contributed by atoms with Crippen molar-refractivity contribution in [2.45, 2.75) is 43.0 Å². The molecule has 3 unspecified atom stereocenters. The minimum Gasteiger partial charge on any atom is -0.478 e. The minimum absolute atomic E-state index is 0.0424. The van der Waals surface area contributed by atoms with E-state index in [0.717, 1.165) is 38.9 Å². The molecule has 0 radical (unpaired) electrons. The number of carboxylic acid groups (broad SMARTS) is 1. The number of aromatic nitrogens is 2. The molecule has 256 valence electrons. The van der Waals surface area contributed by atoms with Crippen LogP contribution in [0.4, 0.5) is 0 Å². The zero-order chi connectivity index (χ0) is 35.2. The van der Waals surface area contributed by atoms with Crippen LogP contribution in [0.25, 0.3) is 22.2 Å². The number of hydrogen-bond acceptors (Lipinski definition) is 8. The molecule has 1 saturated heterocycles. The fourth-order valence-electron chi connectivity index (χ4n) is 6.04. The number of nitrogens with zero attached hydrogens (tertiary/aromatic N) is 2. The van der Waals surface area contributed by atoms with Gasteiger partial charge in [-0.25, -0.2) is 9.78 Å². The van der Waals surface area contributed by atoms with E-state index in [4.69, 9.17) is 9.47 Å². The predicted octanol–water partition coefficient (Wildman–Crippen LogP) is 7.76. The van der Waals surface area contributed by atoms with Crippen LogP contribution in [0, 0.1) is 0 Å². The van der Waals surface area contributed by atoms with Crippen LogP contribution >= 0.6 is 11.8 Å². The quantitative estimate of drug-likeness (QED) is 0.116. The summed E-state index contributed by atoms with van der Waals surface area (Å²) in [6.45, 7) is 0.274. The standard InChI is InChI=1S/C41H35N3O6S/c45-24-26-15-17-28(18-16-26)37-21-32(25-51-38-14-4-1-11-33(38)40(47)48)49-41(50-37)31-10-6-9-30(20-31)29-8-5-7-27(19-29)22-43-39(46)36-23-42-34-12-2-3-13-35(34)44-36/h1-20,23,32,37,41,45H,21-22,24-25H2,(H,43,46)(H,47,48). The van der Waals surface area contributed by atoms with Crippen LogP contribution in [0.3, 0.4) is 0 Å². The fraction of sp³-hybridized carbons (Fsp3) is 0.171. The second kappa shape index (κ2) is 15.7. The molecule has 1 aromatic heterocycles. The van der Waals surface area contributed by atoms with Crippen molar-refractivity contribution in [3.8, 4) is 11.1 Å². The van der Waals surface area contributed by atoms with E-state index in [1.54, 1.807) is 12.1 Å². The molecule has 0 saturated carbocycles. The molecule has 1 aliphatic heterocycles. The molecule has 51 heavy (non-hydrogen) atoms. The number of carbonyl (C=O) groups excluding carboxylic acids is 1. The van der Waals surface area contributed by atoms with E-state index in [1.165, 1.54) is 18.0 Å². The Bertz CT molecular complexity index is 2180. The number of aliphatic hydroxyl groups is 1. The molecule has 0 spiro atoms. The monoisotopic (exact) mass is 697 g/mol. The van der Waals surface area contributed by atoms with Gasteiger partial charge in [-0.1, -0.05) is 84.9 Å². The van der Waals surface area contributed by atoms with Crippen molar-refractivity contribution >= 4 is 34.7 Å². The highest BCUT2D eigenvalue weighted by atomic mass is 32.2. The van der Waals surface area contributed by atoms with Crippen LogP contribution in [0.2, 0.25) is 0 Å². The third-order valence-corrected chi connectivity index (χ3v) is 9.92. The lowest BCUT2D eigenvalue weighted by atomic mass is 9.99. The van der Waals surface area contributed by atoms with Crippen molar-refractivity contribution in [3.63, 3.8) is 0 Å². The van der Waals surface area contributed by atoms with E-state index in [0.29, 0.717) is 29.1 Å². The lowest BCUT2D eigenvalue weighted by Gasteiger charge is -2.36. The minimum atomic E-state index is -0.965. The van der Waals surface area contributed by atoms with Crippen molar-refractivity contribution < 1.29 is 29.3 Å². The number of aliphatic hydroxyl groups excluding tert-OH is 1. The van der Waals surface area contributed by atoms with Gasteiger partial charge in [0.05, 0.1) is 41.6 Å². The first-order valence-corrected chi connectivity index (χ1v) is 17.6. The molecule has 2 heterocycles. The third-order valence-electron chi connectivity index (χ3n) is 8.71. The first-order valence-electron chi connectivity index (χ1n) is 16.6. The molecular weight excluding hydrogens is 663 g/mol. The Morgan fingerprint density at radius 1 is 0.784 bits per heavy atom. The molecule has 9 nitrogen and oxygen atoms in total. The van der Waals surface area contributed by atoms with Crippen molar-refractivity contribution in [2.75, 3.05) is 5.75 Å². The Kier molecular flexibility index (Phi) is 10.5. The highest BCUT2D eigenvalue weighted by Crippen LogP contribution is 2.40. The highest BCUT2D eigenvalue weighted by Gasteiger charge is 2.32. The molecule has 1 aliphatic rings. The smallest absolute Gasteiger partial charge is 0.336 e. The summed E-state index contributed by atoms with van der Waals surface area (Å²) in [6.07, 6.45) is 0.880. The van der Waals surface area contributed by atoms with Crippen LogP contribution in [0.5, 0.6) is 0 Å². The molecule has 6 aromatic rings. The van der Waals surface area contributed by atoms with Gasteiger partial charge in [-0.05, 0) is 64.2 Å². The van der Waals surface area contributed by atoms with Gasteiger partial charge in [0, 0.05) is 29.2 Å². The molecular formula is C41H35N3O6S. The van der Waals surface area contributed by atoms with Crippen molar-refractivity contribution in [3.05, 3.63) is 161 Å². The van der Waals surface area contributed by atoms with Crippen LogP contribution in [0.15, 0.2) is 132 Å². The number of hydrogen-bond donors (Lipinski definition) is 3. The molecule has 3 N–H and O–H groups in total. The summed E-state index contributed by atoms with van der Waals surface area (Å²) < 4.78 is 13.1. The van der Waals surface area contributed by atoms with Crippen molar-refractivity contribution in [2.24, 2.45) is 0 Å². The first-order chi connectivity index (χ1) is 24.9. The van der Waals surface area contributed by atoms with E-state index in [1.807, 2.05) is 109 Å². The molecule has 0 aliphatic carbocycles. The van der Waals surface area contributed by atoms with Crippen LogP contribution in [0.1, 0.15) is 61.9 Å². The Balaban J connectivity index is 1.08. The predicted molar refractivity (Wildman–Crippen MR) is 195 cm³/mol. The van der Waals surface area contributed by atoms with Gasteiger partial charge in [0.15, 0.2) is 6.29 Å². The maximum Gasteiger partial charge on any atom is 0.336 e. The molecule has 7 rings (SSSR count). The van der Waals surface area contributed by atoms with Gasteiger partial charge in [-0.3, -0.25) is 9.78 Å². The average molecular weight is 698 g/mol. The molecule has 1 fully saturated rings. The molecule has 0 bridgehead atoms. The second-order valence-electron chi connectivity index (χ2n) is 12.2. The van der Waals surface area contributed by atoms with Crippen molar-refractivity contribution in [1.82, 2.24) is 15.3 Å². The fourth-order valence-corrected chi connectivity index (χ4v) is 7.11. The summed E-state index contributed by atoms with van der Waals surface area (Å²) in [7, 11) is 0. The largest absolute Gasteiger partial charge is 0.478 e. The summed E-state index contributed by atoms with van der Waals surface area (Å²) in [5.41, 5.74) is 7.42. The SMILES string of the molecule is O=C(NCc1cccc(-c2cccc(C3OC(CSc4ccccc4C(=O)O)CC(c4ccc(CO)cc4)O3)c2)c1)c1cnc2ccccc2n1. The van der Waals surface area contributed by atoms with Gasteiger partial charge in [0.1, 0.15) is 5.69 Å². The molecule has 1 amide bonds. The van der Waals surface area contributed by atoms with E-state index in [-0.39, 0.29) is 36.0 Å². The van der Waals surface area contributed by atoms with Crippen LogP contribution in [-0.4, -0.2) is 43.9 Å². The number of aromatic carboxylic acids is 1. The Hall–Kier alpha value is -5.39. The maximum absolute atomic E-state index is 12.9. The third kappa shape index (κ3) is 8.16. The maximum atomic E-state index is 12.9.